The van der Waals surface area contributed by atoms with E-state index in [-0.39, 0.29) is 5.69 Å². The second kappa shape index (κ2) is 5.89. The molecule has 108 valence electrons. The van der Waals surface area contributed by atoms with Gasteiger partial charge < -0.3 is 0 Å². The molecule has 0 aromatic carbocycles. The van der Waals surface area contributed by atoms with Gasteiger partial charge in [0.15, 0.2) is 16.5 Å². The van der Waals surface area contributed by atoms with Crippen molar-refractivity contribution in [2.75, 3.05) is 5.75 Å². The molecule has 0 aliphatic heterocycles. The van der Waals surface area contributed by atoms with Gasteiger partial charge in [-0.2, -0.15) is 0 Å². The number of nitrogens with one attached hydrogen (secondary N) is 1. The molecule has 0 aliphatic rings. The first-order chi connectivity index (χ1) is 10.3. The van der Waals surface area contributed by atoms with Crippen molar-refractivity contribution in [1.29, 1.82) is 0 Å². The summed E-state index contributed by atoms with van der Waals surface area (Å²) < 4.78 is 3.50. The van der Waals surface area contributed by atoms with E-state index in [9.17, 15) is 4.79 Å². The Labute approximate surface area is 123 Å². The molecule has 3 heterocycles. The molecule has 3 aromatic rings. The molecule has 0 radical (unpaired) electrons. The van der Waals surface area contributed by atoms with Gasteiger partial charge in [0, 0.05) is 11.9 Å². The Kier molecular flexibility index (Phi) is 3.79. The van der Waals surface area contributed by atoms with Crippen LogP contribution in [-0.2, 0) is 6.54 Å². The second-order valence-corrected chi connectivity index (χ2v) is 5.16. The van der Waals surface area contributed by atoms with Crippen molar-refractivity contribution >= 4 is 23.3 Å². The number of nitrogen functional groups attached to an aromatic ring is 1. The molecule has 21 heavy (non-hydrogen) atoms. The molecule has 0 saturated carbocycles. The lowest BCUT2D eigenvalue weighted by atomic mass is 10.5. The number of hydrogen-bond donors (Lipinski definition) is 2. The summed E-state index contributed by atoms with van der Waals surface area (Å²) in [6, 6.07) is 5.74. The number of nitrogens with zero attached hydrogens (tertiary/aromatic N) is 6. The number of nitrogens with two attached hydrogens (primary N) is 1. The number of thioether (sulfide) groups is 1. The minimum absolute atomic E-state index is 0.190. The quantitative estimate of drug-likeness (QED) is 0.288. The summed E-state index contributed by atoms with van der Waals surface area (Å²) in [7, 11) is 0. The molecule has 3 N–H and O–H groups in total. The second-order valence-electron chi connectivity index (χ2n) is 4.10. The predicted octanol–water partition coefficient (Wildman–Crippen LogP) is -0.283. The van der Waals surface area contributed by atoms with Crippen LogP contribution in [0.3, 0.4) is 0 Å². The van der Waals surface area contributed by atoms with Crippen LogP contribution in [0.25, 0.3) is 5.65 Å². The maximum atomic E-state index is 11.3. The van der Waals surface area contributed by atoms with Crippen molar-refractivity contribution < 1.29 is 4.79 Å². The molecule has 0 spiro atoms. The molecule has 3 rings (SSSR count). The van der Waals surface area contributed by atoms with Gasteiger partial charge in [-0.25, -0.2) is 5.84 Å². The van der Waals surface area contributed by atoms with Crippen molar-refractivity contribution in [3.8, 4) is 0 Å². The van der Waals surface area contributed by atoms with E-state index >= 15 is 0 Å². The molecule has 0 atom stereocenters. The molecule has 0 saturated heterocycles. The molecular weight excluding hydrogens is 292 g/mol. The zero-order chi connectivity index (χ0) is 14.7. The van der Waals surface area contributed by atoms with Crippen LogP contribution in [0.5, 0.6) is 0 Å². The van der Waals surface area contributed by atoms with E-state index in [4.69, 9.17) is 5.84 Å². The third kappa shape index (κ3) is 2.85. The molecule has 0 bridgehead atoms. The van der Waals surface area contributed by atoms with E-state index in [0.717, 1.165) is 16.6 Å². The van der Waals surface area contributed by atoms with Gasteiger partial charge in [0.25, 0.3) is 5.91 Å². The summed E-state index contributed by atoms with van der Waals surface area (Å²) in [5.74, 6) is 5.30. The fourth-order valence-corrected chi connectivity index (χ4v) is 2.59. The van der Waals surface area contributed by atoms with Crippen LogP contribution < -0.4 is 11.3 Å². The van der Waals surface area contributed by atoms with Crippen LogP contribution in [-0.4, -0.2) is 41.3 Å². The van der Waals surface area contributed by atoms with E-state index in [1.807, 2.05) is 34.2 Å². The van der Waals surface area contributed by atoms with Crippen molar-refractivity contribution in [3.63, 3.8) is 0 Å². The highest BCUT2D eigenvalue weighted by Crippen LogP contribution is 2.16. The van der Waals surface area contributed by atoms with Crippen LogP contribution in [0.4, 0.5) is 0 Å². The molecule has 9 nitrogen and oxygen atoms in total. The third-order valence-corrected chi connectivity index (χ3v) is 3.66. The Morgan fingerprint density at radius 2 is 2.24 bits per heavy atom. The fourth-order valence-electron chi connectivity index (χ4n) is 1.73. The number of amides is 1. The molecule has 10 heteroatoms. The number of aryl methyl sites for hydroxylation is 1. The minimum atomic E-state index is -0.461. The normalized spacial score (nSPS) is 10.9. The summed E-state index contributed by atoms with van der Waals surface area (Å²) in [5.41, 5.74) is 3.01. The lowest BCUT2D eigenvalue weighted by Gasteiger charge is -2.00. The summed E-state index contributed by atoms with van der Waals surface area (Å²) >= 11 is 1.55. The summed E-state index contributed by atoms with van der Waals surface area (Å²) in [5, 5.41) is 16.6. The zero-order valence-corrected chi connectivity index (χ0v) is 11.7. The minimum Gasteiger partial charge on any atom is -0.289 e. The van der Waals surface area contributed by atoms with Gasteiger partial charge in [-0.05, 0) is 12.1 Å². The lowest BCUT2D eigenvalue weighted by Crippen LogP contribution is -2.30. The molecule has 3 aromatic heterocycles. The van der Waals surface area contributed by atoms with Gasteiger partial charge in [-0.15, -0.1) is 15.3 Å². The van der Waals surface area contributed by atoms with E-state index in [1.165, 1.54) is 0 Å². The van der Waals surface area contributed by atoms with E-state index in [2.05, 4.69) is 20.5 Å². The molecule has 0 fully saturated rings. The SMILES string of the molecule is NNC(=O)c1cn(CCSc2nnc3ccccn23)nn1. The topological polar surface area (TPSA) is 116 Å². The summed E-state index contributed by atoms with van der Waals surface area (Å²) in [6.45, 7) is 0.595. The Bertz CT molecular complexity index is 766. The first-order valence-corrected chi connectivity index (χ1v) is 7.10. The number of carbonyl (C=O) groups excluding carboxylic acids is 1. The highest BCUT2D eigenvalue weighted by Gasteiger charge is 2.09. The van der Waals surface area contributed by atoms with Gasteiger partial charge in [0.05, 0.1) is 12.7 Å². The van der Waals surface area contributed by atoms with Gasteiger partial charge in [-0.3, -0.25) is 19.3 Å². The number of pyridine rings is 1. The Hall–Kier alpha value is -2.46. The van der Waals surface area contributed by atoms with Crippen LogP contribution in [0.2, 0.25) is 0 Å². The molecule has 0 aliphatic carbocycles. The number of hydrogen-bond acceptors (Lipinski definition) is 7. The van der Waals surface area contributed by atoms with Crippen molar-refractivity contribution in [2.24, 2.45) is 5.84 Å². The monoisotopic (exact) mass is 304 g/mol. The Morgan fingerprint density at radius 1 is 1.33 bits per heavy atom. The predicted molar refractivity (Wildman–Crippen MR) is 75.4 cm³/mol. The van der Waals surface area contributed by atoms with E-state index < -0.39 is 5.91 Å². The van der Waals surface area contributed by atoms with Gasteiger partial charge in [0.2, 0.25) is 0 Å². The maximum Gasteiger partial charge on any atom is 0.287 e. The first-order valence-electron chi connectivity index (χ1n) is 6.11. The van der Waals surface area contributed by atoms with Crippen molar-refractivity contribution in [1.82, 2.24) is 35.0 Å². The first kappa shape index (κ1) is 13.5. The van der Waals surface area contributed by atoms with Crippen LogP contribution in [0, 0.1) is 0 Å². The van der Waals surface area contributed by atoms with Crippen LogP contribution in [0.15, 0.2) is 35.7 Å². The maximum absolute atomic E-state index is 11.3. The number of hydrazine groups is 1. The largest absolute Gasteiger partial charge is 0.289 e. The van der Waals surface area contributed by atoms with Gasteiger partial charge in [0.1, 0.15) is 0 Å². The number of aromatic nitrogens is 6. The van der Waals surface area contributed by atoms with Crippen LogP contribution >= 0.6 is 11.8 Å². The lowest BCUT2D eigenvalue weighted by molar-refractivity contribution is 0.0948. The van der Waals surface area contributed by atoms with Crippen molar-refractivity contribution in [2.45, 2.75) is 11.7 Å². The van der Waals surface area contributed by atoms with Gasteiger partial charge in [-0.1, -0.05) is 23.0 Å². The standard InChI is InChI=1S/C11H12N8OS/c12-13-10(20)8-7-18(17-14-8)5-6-21-11-16-15-9-3-1-2-4-19(9)11/h1-4,7H,5-6,12H2,(H,13,20). The number of fused-ring (bicyclic) bond motifs is 1. The average Bonchev–Trinajstić information content (AvgIpc) is 3.14. The number of carbonyl (C=O) groups is 1. The summed E-state index contributed by atoms with van der Waals surface area (Å²) in [6.07, 6.45) is 3.46. The third-order valence-electron chi connectivity index (χ3n) is 2.74. The van der Waals surface area contributed by atoms with Crippen molar-refractivity contribution in [3.05, 3.63) is 36.3 Å². The van der Waals surface area contributed by atoms with Crippen LogP contribution in [0.1, 0.15) is 10.5 Å². The molecular formula is C11H12N8OS. The molecule has 0 unspecified atom stereocenters. The summed E-state index contributed by atoms with van der Waals surface area (Å²) in [4.78, 5) is 11.3. The average molecular weight is 304 g/mol. The van der Waals surface area contributed by atoms with E-state index in [0.29, 0.717) is 6.54 Å². The fraction of sp³-hybridized carbons (Fsp3) is 0.182. The van der Waals surface area contributed by atoms with Gasteiger partial charge >= 0.3 is 0 Å². The Morgan fingerprint density at radius 3 is 3.10 bits per heavy atom. The highest BCUT2D eigenvalue weighted by atomic mass is 32.2. The zero-order valence-electron chi connectivity index (χ0n) is 10.9. The molecule has 1 amide bonds. The Balaban J connectivity index is 1.61. The van der Waals surface area contributed by atoms with E-state index in [1.54, 1.807) is 22.6 Å². The number of rotatable bonds is 5. The highest BCUT2D eigenvalue weighted by molar-refractivity contribution is 7.99. The smallest absolute Gasteiger partial charge is 0.287 e.